The number of hydrogen-bond acceptors (Lipinski definition) is 12. The molecule has 17 saturated carbocycles. The fraction of sp³-hybridized carbons (Fsp3) is 0.913. The summed E-state index contributed by atoms with van der Waals surface area (Å²) < 4.78 is 0. The van der Waals surface area contributed by atoms with Crippen LogP contribution in [-0.2, 0) is 24.0 Å². The van der Waals surface area contributed by atoms with Gasteiger partial charge in [-0.2, -0.15) is 0 Å². The molecule has 0 bridgehead atoms. The van der Waals surface area contributed by atoms with Gasteiger partial charge in [-0.25, -0.2) is 0 Å². The molecule has 35 unspecified atom stereocenters. The third kappa shape index (κ3) is 20.4. The summed E-state index contributed by atoms with van der Waals surface area (Å²) in [6, 6.07) is 0. The Hall–Kier alpha value is -2.71. The van der Waals surface area contributed by atoms with E-state index in [9.17, 15) is 59.7 Å². The van der Waals surface area contributed by atoms with E-state index in [-0.39, 0.29) is 72.8 Å². The van der Waals surface area contributed by atoms with Crippen molar-refractivity contribution >= 4 is 28.9 Å². The second kappa shape index (κ2) is 42.7. The normalized spacial score (nSPS) is 48.8. The molecule has 20 rings (SSSR count). The first kappa shape index (κ1) is 109. The molecule has 0 heterocycles. The smallest absolute Gasteiger partial charge is 0.129 e. The van der Waals surface area contributed by atoms with Gasteiger partial charge in [-0.3, -0.25) is 0 Å². The lowest BCUT2D eigenvalue weighted by Gasteiger charge is -2.62. The van der Waals surface area contributed by atoms with Crippen LogP contribution < -0.4 is 0 Å². The molecule has 0 aliphatic heterocycles. The average Bonchev–Trinajstić information content (AvgIpc) is 1.43. The van der Waals surface area contributed by atoms with Crippen LogP contribution in [0.15, 0.2) is 34.9 Å². The number of ketones is 5. The van der Waals surface area contributed by atoms with E-state index in [1.165, 1.54) is 167 Å². The molecule has 12 nitrogen and oxygen atoms in total. The number of allylic oxidation sites excluding steroid dienone is 3. The highest BCUT2D eigenvalue weighted by molar-refractivity contribution is 5.76. The van der Waals surface area contributed by atoms with Crippen molar-refractivity contribution in [2.75, 3.05) is 0 Å². The van der Waals surface area contributed by atoms with Crippen molar-refractivity contribution in [1.82, 2.24) is 0 Å². The maximum absolute atomic E-state index is 11.5. The van der Waals surface area contributed by atoms with Gasteiger partial charge in [-0.15, -0.1) is 0 Å². The Morgan fingerprint density at radius 1 is 0.254 bits per heavy atom. The number of aliphatic hydroxyl groups is 7. The Morgan fingerprint density at radius 3 is 0.688 bits per heavy atom. The summed E-state index contributed by atoms with van der Waals surface area (Å²) >= 11 is 0. The summed E-state index contributed by atoms with van der Waals surface area (Å²) in [5, 5.41) is 73.2. The van der Waals surface area contributed by atoms with E-state index in [1.807, 2.05) is 0 Å². The first-order valence-corrected chi connectivity index (χ1v) is 58.9. The largest absolute Gasteiger partial charge is 0.393 e. The Kier molecular flexibility index (Phi) is 33.9. The van der Waals surface area contributed by atoms with Gasteiger partial charge in [0.1, 0.15) is 28.9 Å². The Labute approximate surface area is 842 Å². The molecule has 0 spiro atoms. The van der Waals surface area contributed by atoms with Crippen LogP contribution in [0.1, 0.15) is 467 Å². The summed E-state index contributed by atoms with van der Waals surface area (Å²) in [7, 11) is 0. The van der Waals surface area contributed by atoms with Gasteiger partial charge in [0.15, 0.2) is 0 Å². The predicted octanol–water partition coefficient (Wildman–Crippen LogP) is 28.4. The van der Waals surface area contributed by atoms with Crippen LogP contribution in [0.4, 0.5) is 0 Å². The lowest BCUT2D eigenvalue weighted by Crippen LogP contribution is -2.58. The number of rotatable bonds is 20. The molecule has 20 aliphatic carbocycles. The van der Waals surface area contributed by atoms with E-state index in [2.05, 4.69) is 122 Å². The van der Waals surface area contributed by atoms with Crippen LogP contribution >= 0.6 is 0 Å². The highest BCUT2D eigenvalue weighted by Gasteiger charge is 2.68. The average molecular weight is 1920 g/mol. The third-order valence-electron chi connectivity index (χ3n) is 50.1. The molecule has 44 atom stereocenters. The zero-order chi connectivity index (χ0) is 98.7. The van der Waals surface area contributed by atoms with Gasteiger partial charge in [-0.05, 0) is 537 Å². The van der Waals surface area contributed by atoms with Crippen LogP contribution in [0.2, 0.25) is 0 Å². The Morgan fingerprint density at radius 2 is 0.457 bits per heavy atom. The lowest BCUT2D eigenvalue weighted by molar-refractivity contribution is -0.172. The second-order valence-electron chi connectivity index (χ2n) is 56.6. The van der Waals surface area contributed by atoms with Gasteiger partial charge < -0.3 is 59.7 Å². The van der Waals surface area contributed by atoms with Gasteiger partial charge in [0.05, 0.1) is 42.7 Å². The fourth-order valence-corrected chi connectivity index (χ4v) is 42.5. The van der Waals surface area contributed by atoms with Gasteiger partial charge in [0.25, 0.3) is 0 Å². The van der Waals surface area contributed by atoms with Crippen LogP contribution in [0, 0.1) is 214 Å². The number of Topliss-reactive ketones (excluding diaryl/α,β-unsaturated/α-hetero) is 5. The third-order valence-corrected chi connectivity index (χ3v) is 50.1. The maximum atomic E-state index is 11.5. The van der Waals surface area contributed by atoms with Crippen LogP contribution in [0.25, 0.3) is 0 Å². The standard InChI is InChI=1S/2C25H42O3.3C25H40O2.CH4/c2*1-15(5-6-16(2)26)19-7-8-20-18-14-23(28)22-13-17(27)9-11-25(22,4)21(18)10-12-24(19,20)3;3*1-16(5-6-17(2)26)21-9-10-22-20-8-7-18-15-19(27)11-13-24(18,3)23(20)12-14-25(21,22)4;/h2*15,17-23,27-28H,5-14H2,1-4H3;3*7,16,19-23,27H,5-6,8-15H2,1-4H3;1H4/t2*15?,17-,18?,19?,20?,21?,22+,23+,24?,25?;3*16?,19-,20?,21?,22?,23?,24?,25?;/m11000./s1. The highest BCUT2D eigenvalue weighted by Crippen LogP contribution is 2.75. The molecule has 0 aromatic rings. The zero-order valence-electron chi connectivity index (χ0n) is 90.9. The van der Waals surface area contributed by atoms with Gasteiger partial charge in [-0.1, -0.05) is 146 Å². The van der Waals surface area contributed by atoms with Crippen LogP contribution in [-0.4, -0.2) is 107 Å². The van der Waals surface area contributed by atoms with Gasteiger partial charge in [0, 0.05) is 32.1 Å². The fourth-order valence-electron chi connectivity index (χ4n) is 42.5. The minimum Gasteiger partial charge on any atom is -0.393 e. The van der Waals surface area contributed by atoms with Gasteiger partial charge in [0.2, 0.25) is 0 Å². The summed E-state index contributed by atoms with van der Waals surface area (Å²) in [4.78, 5) is 57.4. The first-order chi connectivity index (χ1) is 64.6. The summed E-state index contributed by atoms with van der Waals surface area (Å²) in [6.07, 6.45) is 63.0. The number of hydrogen-bond donors (Lipinski definition) is 7. The second-order valence-corrected chi connectivity index (χ2v) is 56.6. The van der Waals surface area contributed by atoms with E-state index in [0.29, 0.717) is 114 Å². The predicted molar refractivity (Wildman–Crippen MR) is 561 cm³/mol. The van der Waals surface area contributed by atoms with Crippen molar-refractivity contribution in [2.24, 2.45) is 214 Å². The monoisotopic (exact) mass is 1910 g/mol. The topological polar surface area (TPSA) is 227 Å². The number of fused-ring (bicyclic) bond motifs is 25. The van der Waals surface area contributed by atoms with E-state index in [0.717, 1.165) is 261 Å². The summed E-state index contributed by atoms with van der Waals surface area (Å²) in [5.41, 5.74) is 8.41. The van der Waals surface area contributed by atoms with Crippen molar-refractivity contribution in [3.05, 3.63) is 34.9 Å². The SMILES string of the molecule is C.CC(=O)CCC(C)C1CCC2C3CC=C4C[C@@H](O)CCC4(C)C3CCC12C.CC(=O)CCC(C)C1CCC2C3CC=C4C[C@@H](O)CCC4(C)C3CCC12C.CC(=O)CCC(C)C1CCC2C3CC=C4C[C@@H](O)CCC4(C)C3CCC12C.CC(=O)CCC(C)C1CCC2C3C[C@H](O)[C@@H]4C[C@H](O)CCC4(C)C3CCC12C.CC(=O)CCC(C)C1CCC2C3C[C@H](O)[C@@H]4C[C@H](O)CCC4(C)C3CCC12C. The first-order valence-electron chi connectivity index (χ1n) is 58.9. The quantitative estimate of drug-likeness (QED) is 0.0565. The van der Waals surface area contributed by atoms with Crippen molar-refractivity contribution in [3.8, 4) is 0 Å². The molecular weight excluding hydrogens is 1710 g/mol. The molecule has 0 saturated heterocycles. The molecular formula is C126H208O12. The molecule has 20 aliphatic rings. The minimum atomic E-state index is -0.238. The molecule has 12 heteroatoms. The number of carbonyl (C=O) groups excluding carboxylic acids is 5. The molecule has 0 radical (unpaired) electrons. The highest BCUT2D eigenvalue weighted by atomic mass is 16.3. The molecule has 0 aromatic carbocycles. The Balaban J connectivity index is 0.000000131. The van der Waals surface area contributed by atoms with E-state index < -0.39 is 0 Å². The molecule has 17 fully saturated rings. The van der Waals surface area contributed by atoms with Crippen molar-refractivity contribution in [2.45, 2.75) is 510 Å². The van der Waals surface area contributed by atoms with Crippen LogP contribution in [0.3, 0.4) is 0 Å². The lowest BCUT2D eigenvalue weighted by atomic mass is 9.43. The molecule has 784 valence electrons. The minimum absolute atomic E-state index is 0. The van der Waals surface area contributed by atoms with Crippen LogP contribution in [0.5, 0.6) is 0 Å². The van der Waals surface area contributed by atoms with E-state index >= 15 is 0 Å². The van der Waals surface area contributed by atoms with E-state index in [1.54, 1.807) is 51.3 Å². The van der Waals surface area contributed by atoms with E-state index in [4.69, 9.17) is 0 Å². The summed E-state index contributed by atoms with van der Waals surface area (Å²) in [5.74, 6) is 21.2. The Bertz CT molecular complexity index is 3950. The molecule has 0 aromatic heterocycles. The molecule has 7 N–H and O–H groups in total. The van der Waals surface area contributed by atoms with Crippen molar-refractivity contribution < 1.29 is 59.7 Å². The van der Waals surface area contributed by atoms with Crippen molar-refractivity contribution in [1.29, 1.82) is 0 Å². The summed E-state index contributed by atoms with van der Waals surface area (Å²) in [6.45, 7) is 46.0. The van der Waals surface area contributed by atoms with Crippen molar-refractivity contribution in [3.63, 3.8) is 0 Å². The number of aliphatic hydroxyl groups excluding tert-OH is 7. The number of carbonyl (C=O) groups is 5. The molecule has 138 heavy (non-hydrogen) atoms. The maximum Gasteiger partial charge on any atom is 0.129 e. The van der Waals surface area contributed by atoms with Gasteiger partial charge >= 0.3 is 0 Å². The zero-order valence-corrected chi connectivity index (χ0v) is 90.9. The molecule has 0 amide bonds.